The minimum atomic E-state index is -0.442. The second-order valence-electron chi connectivity index (χ2n) is 5.84. The van der Waals surface area contributed by atoms with Crippen molar-refractivity contribution < 1.29 is 9.21 Å². The van der Waals surface area contributed by atoms with Crippen molar-refractivity contribution in [3.8, 4) is 22.6 Å². The molecule has 0 radical (unpaired) electrons. The smallest absolute Gasteiger partial charge is 0.248 e. The van der Waals surface area contributed by atoms with E-state index < -0.39 is 5.91 Å². The average molecular weight is 331 g/mol. The number of nitrogens with two attached hydrogens (primary N) is 1. The number of carbonyl (C=O) groups is 1. The number of rotatable bonds is 4. The predicted octanol–water partition coefficient (Wildman–Crippen LogP) is 3.92. The van der Waals surface area contributed by atoms with E-state index in [1.54, 1.807) is 12.3 Å². The molecule has 1 aromatic carbocycles. The molecule has 4 rings (SSSR count). The number of nitrogens with zero attached hydrogens (tertiary/aromatic N) is 2. The van der Waals surface area contributed by atoms with E-state index in [9.17, 15) is 4.79 Å². The lowest BCUT2D eigenvalue weighted by Crippen LogP contribution is -2.10. The van der Waals surface area contributed by atoms with E-state index in [2.05, 4.69) is 13.0 Å². The van der Waals surface area contributed by atoms with Crippen molar-refractivity contribution in [3.63, 3.8) is 0 Å². The van der Waals surface area contributed by atoms with Gasteiger partial charge in [0.1, 0.15) is 5.69 Å². The van der Waals surface area contributed by atoms with Crippen molar-refractivity contribution in [2.24, 2.45) is 5.73 Å². The van der Waals surface area contributed by atoms with Crippen molar-refractivity contribution in [1.29, 1.82) is 0 Å². The van der Waals surface area contributed by atoms with Gasteiger partial charge in [-0.3, -0.25) is 4.79 Å². The third kappa shape index (κ3) is 2.59. The van der Waals surface area contributed by atoms with Crippen LogP contribution in [0.5, 0.6) is 0 Å². The van der Waals surface area contributed by atoms with Gasteiger partial charge in [0.25, 0.3) is 0 Å². The van der Waals surface area contributed by atoms with E-state index in [1.807, 2.05) is 47.0 Å². The molecule has 0 unspecified atom stereocenters. The molecule has 4 aromatic rings. The van der Waals surface area contributed by atoms with Crippen LogP contribution in [0, 0.1) is 0 Å². The molecular weight excluding hydrogens is 314 g/mol. The fourth-order valence-electron chi connectivity index (χ4n) is 3.02. The second-order valence-corrected chi connectivity index (χ2v) is 5.84. The standard InChI is InChI=1S/C20H17N3O2/c1-2-15-8-9-18-16(13-5-3-6-14(11-13)20(21)24)12-17(22-23(15)18)19-7-4-10-25-19/h3-12H,2H2,1H3,(H2,21,24). The minimum absolute atomic E-state index is 0.442. The summed E-state index contributed by atoms with van der Waals surface area (Å²) in [7, 11) is 0. The van der Waals surface area contributed by atoms with Crippen LogP contribution in [0.3, 0.4) is 0 Å². The van der Waals surface area contributed by atoms with Crippen LogP contribution in [-0.4, -0.2) is 15.5 Å². The molecule has 25 heavy (non-hydrogen) atoms. The Bertz CT molecular complexity index is 1060. The fraction of sp³-hybridized carbons (Fsp3) is 0.100. The Morgan fingerprint density at radius 3 is 2.76 bits per heavy atom. The van der Waals surface area contributed by atoms with Gasteiger partial charge in [-0.1, -0.05) is 19.1 Å². The highest BCUT2D eigenvalue weighted by Gasteiger charge is 2.14. The zero-order valence-electron chi connectivity index (χ0n) is 13.8. The number of carbonyl (C=O) groups excluding carboxylic acids is 1. The van der Waals surface area contributed by atoms with Crippen molar-refractivity contribution in [3.05, 3.63) is 72.1 Å². The lowest BCUT2D eigenvalue weighted by molar-refractivity contribution is 0.100. The maximum absolute atomic E-state index is 11.5. The summed E-state index contributed by atoms with van der Waals surface area (Å²) < 4.78 is 7.46. The second kappa shape index (κ2) is 5.94. The van der Waals surface area contributed by atoms with Crippen molar-refractivity contribution in [2.45, 2.75) is 13.3 Å². The van der Waals surface area contributed by atoms with E-state index >= 15 is 0 Å². The number of hydrogen-bond donors (Lipinski definition) is 1. The van der Waals surface area contributed by atoms with Crippen LogP contribution in [0.2, 0.25) is 0 Å². The Balaban J connectivity index is 2.00. The maximum Gasteiger partial charge on any atom is 0.248 e. The minimum Gasteiger partial charge on any atom is -0.463 e. The highest BCUT2D eigenvalue weighted by molar-refractivity contribution is 5.95. The summed E-state index contributed by atoms with van der Waals surface area (Å²) in [5, 5.41) is 4.72. The molecule has 124 valence electrons. The number of hydrogen-bond acceptors (Lipinski definition) is 3. The number of amides is 1. The molecule has 0 bridgehead atoms. The largest absolute Gasteiger partial charge is 0.463 e. The van der Waals surface area contributed by atoms with Crippen LogP contribution in [0.15, 0.2) is 65.3 Å². The summed E-state index contributed by atoms with van der Waals surface area (Å²) in [6.45, 7) is 2.09. The molecule has 3 heterocycles. The molecular formula is C20H17N3O2. The molecule has 0 saturated carbocycles. The number of fused-ring (bicyclic) bond motifs is 1. The van der Waals surface area contributed by atoms with Gasteiger partial charge < -0.3 is 10.2 Å². The van der Waals surface area contributed by atoms with E-state index in [-0.39, 0.29) is 0 Å². The molecule has 0 aliphatic carbocycles. The highest BCUT2D eigenvalue weighted by Crippen LogP contribution is 2.30. The normalized spacial score (nSPS) is 11.1. The van der Waals surface area contributed by atoms with Gasteiger partial charge in [0.15, 0.2) is 5.76 Å². The first-order valence-electron chi connectivity index (χ1n) is 8.13. The van der Waals surface area contributed by atoms with Crippen molar-refractivity contribution >= 4 is 11.4 Å². The van der Waals surface area contributed by atoms with Gasteiger partial charge in [0, 0.05) is 16.8 Å². The van der Waals surface area contributed by atoms with Gasteiger partial charge in [-0.2, -0.15) is 5.10 Å². The quantitative estimate of drug-likeness (QED) is 0.616. The lowest BCUT2D eigenvalue weighted by Gasteiger charge is -2.10. The van der Waals surface area contributed by atoms with Gasteiger partial charge in [0.2, 0.25) is 5.91 Å². The lowest BCUT2D eigenvalue weighted by atomic mass is 10.0. The van der Waals surface area contributed by atoms with Crippen LogP contribution in [0.1, 0.15) is 23.0 Å². The van der Waals surface area contributed by atoms with Gasteiger partial charge in [0.05, 0.1) is 11.8 Å². The fourth-order valence-corrected chi connectivity index (χ4v) is 3.02. The average Bonchev–Trinajstić information content (AvgIpc) is 3.30. The van der Waals surface area contributed by atoms with Crippen LogP contribution < -0.4 is 5.73 Å². The van der Waals surface area contributed by atoms with E-state index in [0.717, 1.165) is 34.5 Å². The molecule has 0 aliphatic heterocycles. The van der Waals surface area contributed by atoms with E-state index in [1.165, 1.54) is 0 Å². The van der Waals surface area contributed by atoms with Crippen LogP contribution >= 0.6 is 0 Å². The van der Waals surface area contributed by atoms with Crippen molar-refractivity contribution in [2.75, 3.05) is 0 Å². The highest BCUT2D eigenvalue weighted by atomic mass is 16.3. The summed E-state index contributed by atoms with van der Waals surface area (Å²) in [6.07, 6.45) is 2.49. The summed E-state index contributed by atoms with van der Waals surface area (Å²) in [5.41, 5.74) is 10.6. The topological polar surface area (TPSA) is 73.5 Å². The first-order valence-corrected chi connectivity index (χ1v) is 8.13. The van der Waals surface area contributed by atoms with Crippen LogP contribution in [-0.2, 0) is 6.42 Å². The molecule has 2 N–H and O–H groups in total. The number of aryl methyl sites for hydroxylation is 1. The van der Waals surface area contributed by atoms with Crippen molar-refractivity contribution in [1.82, 2.24) is 9.61 Å². The maximum atomic E-state index is 11.5. The van der Waals surface area contributed by atoms with E-state index in [0.29, 0.717) is 11.3 Å². The summed E-state index contributed by atoms with van der Waals surface area (Å²) >= 11 is 0. The molecule has 1 amide bonds. The number of primary amides is 1. The Kier molecular flexibility index (Phi) is 3.61. The van der Waals surface area contributed by atoms with Crippen LogP contribution in [0.25, 0.3) is 28.1 Å². The summed E-state index contributed by atoms with van der Waals surface area (Å²) in [4.78, 5) is 11.5. The molecule has 0 fully saturated rings. The molecule has 5 nitrogen and oxygen atoms in total. The Labute approximate surface area is 144 Å². The van der Waals surface area contributed by atoms with E-state index in [4.69, 9.17) is 15.2 Å². The van der Waals surface area contributed by atoms with Crippen LogP contribution in [0.4, 0.5) is 0 Å². The number of furan rings is 1. The zero-order chi connectivity index (χ0) is 17.4. The first-order chi connectivity index (χ1) is 12.2. The molecule has 3 aromatic heterocycles. The monoisotopic (exact) mass is 331 g/mol. The third-order valence-corrected chi connectivity index (χ3v) is 4.29. The molecule has 0 atom stereocenters. The third-order valence-electron chi connectivity index (χ3n) is 4.29. The number of aromatic nitrogens is 2. The molecule has 0 saturated heterocycles. The predicted molar refractivity (Wildman–Crippen MR) is 96.2 cm³/mol. The van der Waals surface area contributed by atoms with Gasteiger partial charge >= 0.3 is 0 Å². The van der Waals surface area contributed by atoms with Gasteiger partial charge in [-0.05, 0) is 54.4 Å². The molecule has 0 spiro atoms. The Morgan fingerprint density at radius 1 is 1.16 bits per heavy atom. The van der Waals surface area contributed by atoms with Gasteiger partial charge in [-0.15, -0.1) is 0 Å². The zero-order valence-corrected chi connectivity index (χ0v) is 13.8. The first kappa shape index (κ1) is 15.2. The Morgan fingerprint density at radius 2 is 2.04 bits per heavy atom. The Hall–Kier alpha value is -3.34. The molecule has 5 heteroatoms. The summed E-state index contributed by atoms with van der Waals surface area (Å²) in [5.74, 6) is 0.257. The van der Waals surface area contributed by atoms with Gasteiger partial charge in [-0.25, -0.2) is 4.52 Å². The number of benzene rings is 1. The summed E-state index contributed by atoms with van der Waals surface area (Å²) in [6, 6.07) is 17.1. The SMILES string of the molecule is CCc1ccc2c(-c3cccc(C(N)=O)c3)cc(-c3ccco3)nn12. The molecule has 0 aliphatic rings.